The summed E-state index contributed by atoms with van der Waals surface area (Å²) in [5.74, 6) is 0. The van der Waals surface area contributed by atoms with Crippen molar-refractivity contribution in [1.29, 1.82) is 5.26 Å². The van der Waals surface area contributed by atoms with Gasteiger partial charge in [0.15, 0.2) is 5.69 Å². The first-order valence-corrected chi connectivity index (χ1v) is 17.9. The summed E-state index contributed by atoms with van der Waals surface area (Å²) in [6, 6.07) is 49.5. The lowest BCUT2D eigenvalue weighted by Crippen LogP contribution is -2.12. The molecule has 0 amide bonds. The van der Waals surface area contributed by atoms with Crippen LogP contribution in [0, 0.1) is 31.8 Å². The Morgan fingerprint density at radius 1 is 0.519 bits per heavy atom. The van der Waals surface area contributed by atoms with Crippen molar-refractivity contribution in [2.75, 3.05) is 9.80 Å². The highest BCUT2D eigenvalue weighted by atomic mass is 15.1. The topological polar surface area (TPSA) is 34.6 Å². The van der Waals surface area contributed by atoms with Gasteiger partial charge in [-0.1, -0.05) is 85.6 Å². The number of hydrogen-bond acceptors (Lipinski definition) is 3. The van der Waals surface area contributed by atoms with Crippen molar-refractivity contribution in [3.63, 3.8) is 0 Å². The summed E-state index contributed by atoms with van der Waals surface area (Å²) in [7, 11) is 0. The molecule has 0 unspecified atom stereocenters. The van der Waals surface area contributed by atoms with Crippen LogP contribution in [-0.4, -0.2) is 0 Å². The Labute approximate surface area is 305 Å². The molecule has 8 aromatic rings. The highest BCUT2D eigenvalue weighted by molar-refractivity contribution is 6.29. The molecule has 0 atom stereocenters. The minimum absolute atomic E-state index is 0.622. The second-order valence-corrected chi connectivity index (χ2v) is 13.5. The van der Waals surface area contributed by atoms with Crippen molar-refractivity contribution < 1.29 is 0 Å². The zero-order valence-electron chi connectivity index (χ0n) is 29.9. The average Bonchev–Trinajstić information content (AvgIpc) is 3.19. The van der Waals surface area contributed by atoms with Gasteiger partial charge in [-0.25, -0.2) is 4.85 Å². The number of benzene rings is 8. The van der Waals surface area contributed by atoms with Crippen molar-refractivity contribution >= 4 is 72.1 Å². The van der Waals surface area contributed by atoms with Gasteiger partial charge in [0.2, 0.25) is 0 Å². The fraction of sp³-hybridized carbons (Fsp3) is 0.125. The quantitative estimate of drug-likeness (QED) is 0.119. The van der Waals surface area contributed by atoms with Gasteiger partial charge in [0.05, 0.1) is 29.6 Å². The van der Waals surface area contributed by atoms with Crippen LogP contribution in [-0.2, 0) is 12.8 Å². The maximum atomic E-state index is 9.60. The van der Waals surface area contributed by atoms with Gasteiger partial charge in [-0.15, -0.1) is 0 Å². The Kier molecular flexibility index (Phi) is 8.30. The van der Waals surface area contributed by atoms with Crippen LogP contribution in [0.2, 0.25) is 0 Å². The van der Waals surface area contributed by atoms with Gasteiger partial charge in [-0.3, -0.25) is 0 Å². The van der Waals surface area contributed by atoms with Crippen LogP contribution in [0.4, 0.5) is 39.8 Å². The van der Waals surface area contributed by atoms with Crippen LogP contribution in [0.1, 0.15) is 41.7 Å². The van der Waals surface area contributed by atoms with Crippen LogP contribution in [0.5, 0.6) is 0 Å². The molecule has 8 rings (SSSR count). The van der Waals surface area contributed by atoms with Gasteiger partial charge >= 0.3 is 0 Å². The van der Waals surface area contributed by atoms with E-state index < -0.39 is 0 Å². The minimum atomic E-state index is 0.622. The van der Waals surface area contributed by atoms with Crippen molar-refractivity contribution in [3.05, 3.63) is 173 Å². The molecule has 0 aliphatic carbocycles. The first kappa shape index (κ1) is 32.6. The van der Waals surface area contributed by atoms with Gasteiger partial charge in [-0.05, 0) is 132 Å². The number of rotatable bonds is 8. The summed E-state index contributed by atoms with van der Waals surface area (Å²) in [5.41, 5.74) is 12.6. The second kappa shape index (κ2) is 13.3. The normalized spacial score (nSPS) is 11.2. The van der Waals surface area contributed by atoms with Crippen LogP contribution in [0.3, 0.4) is 0 Å². The van der Waals surface area contributed by atoms with Crippen molar-refractivity contribution in [3.8, 4) is 6.07 Å². The van der Waals surface area contributed by atoms with Crippen molar-refractivity contribution in [2.24, 2.45) is 0 Å². The zero-order valence-corrected chi connectivity index (χ0v) is 29.9. The van der Waals surface area contributed by atoms with E-state index in [9.17, 15) is 5.26 Å². The summed E-state index contributed by atoms with van der Waals surface area (Å²) in [6.07, 6.45) is 1.76. The molecular formula is C48H38N4. The number of nitriles is 1. The van der Waals surface area contributed by atoms with Gasteiger partial charge in [0.1, 0.15) is 0 Å². The van der Waals surface area contributed by atoms with Crippen LogP contribution in [0.25, 0.3) is 37.2 Å². The second-order valence-electron chi connectivity index (χ2n) is 13.5. The number of aryl methyl sites for hydroxylation is 4. The Hall–Kier alpha value is -6.62. The van der Waals surface area contributed by atoms with E-state index in [4.69, 9.17) is 6.57 Å². The SMILES string of the molecule is [C-]#[N+]c1ccc(N(c2ccc(C)cc2)c2cc(CC)c3ccc4c(N(c5ccc(C)cc5)c5ccc(C#N)cc5)cc(CC)c5ccc2c3c54)cc1. The smallest absolute Gasteiger partial charge is 0.187 e. The molecular weight excluding hydrogens is 633 g/mol. The highest BCUT2D eigenvalue weighted by Gasteiger charge is 2.24. The molecule has 0 bridgehead atoms. The van der Waals surface area contributed by atoms with Crippen molar-refractivity contribution in [2.45, 2.75) is 40.5 Å². The van der Waals surface area contributed by atoms with Gasteiger partial charge < -0.3 is 9.80 Å². The summed E-state index contributed by atoms with van der Waals surface area (Å²) >= 11 is 0. The number of nitrogens with zero attached hydrogens (tertiary/aromatic N) is 4. The average molecular weight is 671 g/mol. The standard InChI is InChI=1S/C48H38N4/c1-6-34-28-45(51(37-16-8-31(3)9-17-37)39-20-12-33(30-49)13-21-39)43-26-24-42-35(7-2)29-46(44-27-25-41(34)47(43)48(42)44)52(38-18-10-32(4)11-19-38)40-22-14-36(50-5)15-23-40/h8-29H,6-7H2,1-4H3. The molecule has 0 aliphatic heterocycles. The summed E-state index contributed by atoms with van der Waals surface area (Å²) in [6.45, 7) is 16.3. The van der Waals surface area contributed by atoms with E-state index in [1.165, 1.54) is 54.6 Å². The number of anilines is 6. The zero-order chi connectivity index (χ0) is 35.9. The lowest BCUT2D eigenvalue weighted by Gasteiger charge is -2.31. The Balaban J connectivity index is 1.47. The summed E-state index contributed by atoms with van der Waals surface area (Å²) in [4.78, 5) is 8.35. The summed E-state index contributed by atoms with van der Waals surface area (Å²) < 4.78 is 0. The maximum absolute atomic E-state index is 9.60. The molecule has 52 heavy (non-hydrogen) atoms. The fourth-order valence-electron chi connectivity index (χ4n) is 7.66. The molecule has 0 saturated carbocycles. The molecule has 0 aromatic heterocycles. The van der Waals surface area contributed by atoms with Gasteiger partial charge in [0.25, 0.3) is 0 Å². The molecule has 0 saturated heterocycles. The predicted octanol–water partition coefficient (Wildman–Crippen LogP) is 13.7. The van der Waals surface area contributed by atoms with Crippen LogP contribution in [0.15, 0.2) is 133 Å². The van der Waals surface area contributed by atoms with E-state index in [1.807, 2.05) is 36.4 Å². The van der Waals surface area contributed by atoms with Gasteiger partial charge in [0, 0.05) is 33.5 Å². The minimum Gasteiger partial charge on any atom is -0.310 e. The summed E-state index contributed by atoms with van der Waals surface area (Å²) in [5, 5.41) is 17.0. The van der Waals surface area contributed by atoms with E-state index in [0.29, 0.717) is 11.3 Å². The third-order valence-corrected chi connectivity index (χ3v) is 10.3. The predicted molar refractivity (Wildman–Crippen MR) is 219 cm³/mol. The Morgan fingerprint density at radius 2 is 0.885 bits per heavy atom. The van der Waals surface area contributed by atoms with E-state index in [1.54, 1.807) is 0 Å². The van der Waals surface area contributed by atoms with E-state index in [0.717, 1.165) is 47.0 Å². The molecule has 8 aromatic carbocycles. The molecule has 0 spiro atoms. The molecule has 4 heteroatoms. The highest BCUT2D eigenvalue weighted by Crippen LogP contribution is 2.49. The molecule has 0 aliphatic rings. The lowest BCUT2D eigenvalue weighted by molar-refractivity contribution is 1.15. The molecule has 0 heterocycles. The molecule has 4 nitrogen and oxygen atoms in total. The maximum Gasteiger partial charge on any atom is 0.187 e. The number of hydrogen-bond donors (Lipinski definition) is 0. The first-order chi connectivity index (χ1) is 25.4. The Bertz CT molecular complexity index is 2470. The third-order valence-electron chi connectivity index (χ3n) is 10.3. The largest absolute Gasteiger partial charge is 0.310 e. The Morgan fingerprint density at radius 3 is 1.25 bits per heavy atom. The van der Waals surface area contributed by atoms with E-state index >= 15 is 0 Å². The van der Waals surface area contributed by atoms with Gasteiger partial charge in [-0.2, -0.15) is 5.26 Å². The van der Waals surface area contributed by atoms with Crippen LogP contribution >= 0.6 is 0 Å². The van der Waals surface area contributed by atoms with Crippen molar-refractivity contribution in [1.82, 2.24) is 0 Å². The van der Waals surface area contributed by atoms with E-state index in [-0.39, 0.29) is 0 Å². The molecule has 0 N–H and O–H groups in total. The lowest BCUT2D eigenvalue weighted by atomic mass is 9.86. The first-order valence-electron chi connectivity index (χ1n) is 17.9. The fourth-order valence-corrected chi connectivity index (χ4v) is 7.66. The molecule has 0 fully saturated rings. The molecule has 0 radical (unpaired) electrons. The van der Waals surface area contributed by atoms with E-state index in [2.05, 4.69) is 145 Å². The van der Waals surface area contributed by atoms with Crippen LogP contribution < -0.4 is 9.80 Å². The molecule has 250 valence electrons. The third kappa shape index (κ3) is 5.47. The monoisotopic (exact) mass is 670 g/mol.